The molecule has 3 fully saturated rings. The van der Waals surface area contributed by atoms with E-state index in [1.165, 1.54) is 0 Å². The predicted molar refractivity (Wildman–Crippen MR) is 160 cm³/mol. The van der Waals surface area contributed by atoms with Crippen LogP contribution in [0.5, 0.6) is 0 Å². The lowest BCUT2D eigenvalue weighted by Gasteiger charge is -2.31. The van der Waals surface area contributed by atoms with Crippen LogP contribution in [0, 0.1) is 0 Å². The average molecular weight is 576 g/mol. The Balaban J connectivity index is 1.48. The lowest BCUT2D eigenvalue weighted by Crippen LogP contribution is -2.43. The SMILES string of the molecule is CC[C@H]1O[C@@H](n2ncc3c(N(C(=O)OC(C)(C)C)C4CCCC4)nc(/C=C/c4ccccc4)nc32)[C@@H]2OC(C)(C)O[C@@H]21. The number of amides is 1. The number of carbonyl (C=O) groups is 1. The Labute approximate surface area is 247 Å². The van der Waals surface area contributed by atoms with Gasteiger partial charge in [-0.15, -0.1) is 0 Å². The first-order chi connectivity index (χ1) is 20.0. The van der Waals surface area contributed by atoms with Crippen molar-refractivity contribution in [1.82, 2.24) is 19.7 Å². The maximum atomic E-state index is 13.8. The minimum Gasteiger partial charge on any atom is -0.443 e. The molecule has 1 aromatic carbocycles. The number of hydrogen-bond acceptors (Lipinski definition) is 8. The largest absolute Gasteiger partial charge is 0.443 e. The molecule has 0 spiro atoms. The summed E-state index contributed by atoms with van der Waals surface area (Å²) in [5, 5.41) is 5.42. The van der Waals surface area contributed by atoms with Crippen molar-refractivity contribution in [3.8, 4) is 0 Å². The molecule has 42 heavy (non-hydrogen) atoms. The lowest BCUT2D eigenvalue weighted by atomic mass is 10.1. The summed E-state index contributed by atoms with van der Waals surface area (Å²) >= 11 is 0. The summed E-state index contributed by atoms with van der Waals surface area (Å²) in [6.45, 7) is 11.5. The van der Waals surface area contributed by atoms with Gasteiger partial charge >= 0.3 is 6.09 Å². The number of ether oxygens (including phenoxy) is 4. The van der Waals surface area contributed by atoms with E-state index in [1.54, 1.807) is 15.8 Å². The van der Waals surface area contributed by atoms with Crippen molar-refractivity contribution >= 4 is 35.1 Å². The van der Waals surface area contributed by atoms with Gasteiger partial charge in [0.05, 0.1) is 17.7 Å². The molecule has 3 aliphatic rings. The second-order valence-electron chi connectivity index (χ2n) is 12.8. The molecular formula is C32H41N5O5. The summed E-state index contributed by atoms with van der Waals surface area (Å²) in [6.07, 6.45) is 8.49. The minimum atomic E-state index is -0.729. The molecule has 6 rings (SSSR count). The number of anilines is 1. The van der Waals surface area contributed by atoms with Gasteiger partial charge in [0, 0.05) is 6.04 Å². The number of aromatic nitrogens is 4. The summed E-state index contributed by atoms with van der Waals surface area (Å²) in [5.41, 5.74) is 0.921. The molecule has 10 heteroatoms. The molecule has 1 amide bonds. The molecule has 224 valence electrons. The van der Waals surface area contributed by atoms with E-state index < -0.39 is 23.7 Å². The van der Waals surface area contributed by atoms with Crippen molar-refractivity contribution in [2.24, 2.45) is 0 Å². The first kappa shape index (κ1) is 28.8. The van der Waals surface area contributed by atoms with Crippen LogP contribution < -0.4 is 4.90 Å². The number of benzene rings is 1. The highest BCUT2D eigenvalue weighted by Gasteiger charge is 2.56. The number of carbonyl (C=O) groups excluding carboxylic acids is 1. The van der Waals surface area contributed by atoms with Crippen molar-refractivity contribution in [2.75, 3.05) is 4.90 Å². The fourth-order valence-electron chi connectivity index (χ4n) is 6.17. The Hall–Kier alpha value is -3.34. The molecule has 0 bridgehead atoms. The molecule has 1 saturated carbocycles. The number of hydrogen-bond donors (Lipinski definition) is 0. The lowest BCUT2D eigenvalue weighted by molar-refractivity contribution is -0.197. The third-order valence-corrected chi connectivity index (χ3v) is 7.95. The van der Waals surface area contributed by atoms with Gasteiger partial charge in [-0.25, -0.2) is 19.4 Å². The van der Waals surface area contributed by atoms with Gasteiger partial charge in [-0.3, -0.25) is 4.90 Å². The first-order valence-corrected chi connectivity index (χ1v) is 15.0. The van der Waals surface area contributed by atoms with Crippen LogP contribution in [0.1, 0.15) is 91.3 Å². The number of rotatable bonds is 6. The van der Waals surface area contributed by atoms with Crippen LogP contribution in [0.3, 0.4) is 0 Å². The number of fused-ring (bicyclic) bond motifs is 2. The van der Waals surface area contributed by atoms with Crippen LogP contribution in [-0.4, -0.2) is 61.6 Å². The van der Waals surface area contributed by atoms with Gasteiger partial charge in [-0.1, -0.05) is 56.2 Å². The second kappa shape index (κ2) is 11.1. The van der Waals surface area contributed by atoms with Crippen molar-refractivity contribution in [3.05, 3.63) is 47.9 Å². The van der Waals surface area contributed by atoms with Crippen LogP contribution in [0.15, 0.2) is 36.5 Å². The van der Waals surface area contributed by atoms with Crippen LogP contribution in [0.4, 0.5) is 10.6 Å². The monoisotopic (exact) mass is 575 g/mol. The zero-order chi connectivity index (χ0) is 29.6. The van der Waals surface area contributed by atoms with E-state index in [9.17, 15) is 4.79 Å². The quantitative estimate of drug-likeness (QED) is 0.328. The molecule has 10 nitrogen and oxygen atoms in total. The fraction of sp³-hybridized carbons (Fsp3) is 0.562. The highest BCUT2D eigenvalue weighted by molar-refractivity contribution is 5.98. The third-order valence-electron chi connectivity index (χ3n) is 7.95. The maximum absolute atomic E-state index is 13.8. The Morgan fingerprint density at radius 3 is 2.50 bits per heavy atom. The zero-order valence-corrected chi connectivity index (χ0v) is 25.3. The van der Waals surface area contributed by atoms with Crippen molar-refractivity contribution < 1.29 is 23.7 Å². The Bertz CT molecular complexity index is 1460. The number of nitrogens with zero attached hydrogens (tertiary/aromatic N) is 5. The molecule has 0 unspecified atom stereocenters. The van der Waals surface area contributed by atoms with Gasteiger partial charge in [-0.2, -0.15) is 5.10 Å². The van der Waals surface area contributed by atoms with E-state index in [1.807, 2.05) is 77.1 Å². The normalized spacial score (nSPS) is 25.9. The molecule has 3 aromatic rings. The first-order valence-electron chi connectivity index (χ1n) is 15.0. The Kier molecular flexibility index (Phi) is 7.57. The average Bonchev–Trinajstić information content (AvgIpc) is 3.71. The van der Waals surface area contributed by atoms with Gasteiger partial charge < -0.3 is 18.9 Å². The van der Waals surface area contributed by atoms with Gasteiger partial charge in [-0.05, 0) is 65.5 Å². The summed E-state index contributed by atoms with van der Waals surface area (Å²) in [5.74, 6) is 0.221. The summed E-state index contributed by atoms with van der Waals surface area (Å²) in [6, 6.07) is 9.95. The highest BCUT2D eigenvalue weighted by Crippen LogP contribution is 2.45. The second-order valence-corrected chi connectivity index (χ2v) is 12.8. The molecular weight excluding hydrogens is 534 g/mol. The van der Waals surface area contributed by atoms with Crippen LogP contribution in [-0.2, 0) is 18.9 Å². The van der Waals surface area contributed by atoms with E-state index >= 15 is 0 Å². The van der Waals surface area contributed by atoms with Crippen molar-refractivity contribution in [3.63, 3.8) is 0 Å². The van der Waals surface area contributed by atoms with E-state index in [4.69, 9.17) is 34.0 Å². The van der Waals surface area contributed by atoms with Crippen molar-refractivity contribution in [1.29, 1.82) is 0 Å². The molecule has 0 radical (unpaired) electrons. The molecule has 0 N–H and O–H groups in total. The molecule has 1 aliphatic carbocycles. The zero-order valence-electron chi connectivity index (χ0n) is 25.3. The third kappa shape index (κ3) is 5.67. The molecule has 4 heterocycles. The minimum absolute atomic E-state index is 0.0313. The summed E-state index contributed by atoms with van der Waals surface area (Å²) < 4.78 is 26.7. The molecule has 4 atom stereocenters. The van der Waals surface area contributed by atoms with E-state index in [0.717, 1.165) is 37.7 Å². The highest BCUT2D eigenvalue weighted by atomic mass is 16.8. The Morgan fingerprint density at radius 2 is 1.81 bits per heavy atom. The van der Waals surface area contributed by atoms with Crippen LogP contribution >= 0.6 is 0 Å². The topological polar surface area (TPSA) is 101 Å². The van der Waals surface area contributed by atoms with Gasteiger partial charge in [0.2, 0.25) is 0 Å². The molecule has 2 saturated heterocycles. The molecule has 2 aliphatic heterocycles. The van der Waals surface area contributed by atoms with Gasteiger partial charge in [0.1, 0.15) is 17.8 Å². The van der Waals surface area contributed by atoms with Crippen LogP contribution in [0.25, 0.3) is 23.2 Å². The van der Waals surface area contributed by atoms with Gasteiger partial charge in [0.25, 0.3) is 0 Å². The van der Waals surface area contributed by atoms with E-state index in [-0.39, 0.29) is 24.4 Å². The summed E-state index contributed by atoms with van der Waals surface area (Å²) in [7, 11) is 0. The van der Waals surface area contributed by atoms with Crippen molar-refractivity contribution in [2.45, 2.75) is 116 Å². The van der Waals surface area contributed by atoms with E-state index in [0.29, 0.717) is 22.7 Å². The summed E-state index contributed by atoms with van der Waals surface area (Å²) in [4.78, 5) is 25.4. The van der Waals surface area contributed by atoms with Gasteiger partial charge in [0.15, 0.2) is 29.3 Å². The molecule has 2 aromatic heterocycles. The smallest absolute Gasteiger partial charge is 0.416 e. The maximum Gasteiger partial charge on any atom is 0.416 e. The van der Waals surface area contributed by atoms with E-state index in [2.05, 4.69) is 6.92 Å². The standard InChI is InChI=1S/C32H41N5O5/c1-7-23-25-26(41-32(5,6)40-25)29(39-23)37-28-22(19-33-37)27(34-24(35-28)18-17-20-13-9-8-10-14-20)36(21-15-11-12-16-21)30(38)42-31(2,3)4/h8-10,13-14,17-19,21,23,25-26,29H,7,11-12,15-16H2,1-6H3/b18-17+/t23-,25-,26-,29-/m1/s1. The fourth-order valence-corrected chi connectivity index (χ4v) is 6.17. The predicted octanol–water partition coefficient (Wildman–Crippen LogP) is 6.51. The Morgan fingerprint density at radius 1 is 1.10 bits per heavy atom. The van der Waals surface area contributed by atoms with Crippen LogP contribution in [0.2, 0.25) is 0 Å².